The van der Waals surface area contributed by atoms with E-state index in [-0.39, 0.29) is 10.9 Å². The minimum Gasteiger partial charge on any atom is -0.744 e. The number of benzene rings is 4. The Hall–Kier alpha value is -4.83. The quantitative estimate of drug-likeness (QED) is 0.145. The summed E-state index contributed by atoms with van der Waals surface area (Å²) in [6.07, 6.45) is 6.00. The Morgan fingerprint density at radius 1 is 0.826 bits per heavy atom. The number of aryl methyl sites for hydroxylation is 4. The van der Waals surface area contributed by atoms with Gasteiger partial charge in [-0.1, -0.05) is 24.3 Å². The van der Waals surface area contributed by atoms with Crippen LogP contribution < -0.4 is 26.8 Å². The Morgan fingerprint density at radius 3 is 2.22 bits per heavy atom. The first-order valence-electron chi connectivity index (χ1n) is 15.1. The monoisotopic (exact) mass is 634 g/mol. The van der Waals surface area contributed by atoms with Gasteiger partial charge >= 0.3 is 0 Å². The molecule has 0 aromatic heterocycles. The molecule has 0 saturated carbocycles. The minimum atomic E-state index is -4.77. The SMILES string of the molecule is Cc1cc(C)c(Nc2ccc3c(c2)OC2=CC([NH2+]c4c(C)cc(C)c(N)c4C)C=CC2=C3c2ccccc2S(=O)(=O)[O-])c(C)c1N. The smallest absolute Gasteiger partial charge is 0.138 e. The van der Waals surface area contributed by atoms with Crippen molar-refractivity contribution in [2.75, 3.05) is 16.8 Å². The van der Waals surface area contributed by atoms with Gasteiger partial charge in [0.15, 0.2) is 0 Å². The fourth-order valence-electron chi connectivity index (χ4n) is 6.55. The van der Waals surface area contributed by atoms with Gasteiger partial charge in [0.2, 0.25) is 0 Å². The predicted octanol–water partition coefficient (Wildman–Crippen LogP) is 6.26. The molecule has 6 rings (SSSR count). The molecule has 0 saturated heterocycles. The van der Waals surface area contributed by atoms with Gasteiger partial charge in [-0.25, -0.2) is 8.42 Å². The van der Waals surface area contributed by atoms with Crippen LogP contribution in [0.25, 0.3) is 5.57 Å². The summed E-state index contributed by atoms with van der Waals surface area (Å²) < 4.78 is 43.9. The van der Waals surface area contributed by atoms with E-state index < -0.39 is 10.1 Å². The molecule has 1 aliphatic carbocycles. The highest BCUT2D eigenvalue weighted by Crippen LogP contribution is 2.46. The van der Waals surface area contributed by atoms with Crippen molar-refractivity contribution in [3.63, 3.8) is 0 Å². The molecular weight excluding hydrogens is 596 g/mol. The highest BCUT2D eigenvalue weighted by atomic mass is 32.2. The summed E-state index contributed by atoms with van der Waals surface area (Å²) in [6, 6.07) is 16.0. The van der Waals surface area contributed by atoms with E-state index in [0.717, 1.165) is 61.8 Å². The van der Waals surface area contributed by atoms with Crippen LogP contribution in [0.2, 0.25) is 0 Å². The van der Waals surface area contributed by atoms with E-state index >= 15 is 0 Å². The summed E-state index contributed by atoms with van der Waals surface area (Å²) in [4.78, 5) is -0.281. The number of quaternary nitrogens is 1. The zero-order valence-corrected chi connectivity index (χ0v) is 27.6. The molecule has 0 spiro atoms. The molecule has 8 nitrogen and oxygen atoms in total. The number of nitrogens with two attached hydrogens (primary N) is 3. The Balaban J connectivity index is 1.48. The number of nitrogen functional groups attached to an aromatic ring is 2. The van der Waals surface area contributed by atoms with E-state index in [2.05, 4.69) is 23.6 Å². The number of nitrogens with one attached hydrogen (secondary N) is 1. The maximum atomic E-state index is 12.4. The number of anilines is 4. The summed E-state index contributed by atoms with van der Waals surface area (Å²) in [6.45, 7) is 12.1. The van der Waals surface area contributed by atoms with Crippen molar-refractivity contribution in [2.45, 2.75) is 52.5 Å². The molecular formula is C37H38N4O4S. The van der Waals surface area contributed by atoms with E-state index in [9.17, 15) is 13.0 Å². The minimum absolute atomic E-state index is 0.123. The van der Waals surface area contributed by atoms with Crippen molar-refractivity contribution >= 4 is 44.1 Å². The topological polar surface area (TPSA) is 147 Å². The van der Waals surface area contributed by atoms with Crippen LogP contribution in [0.3, 0.4) is 0 Å². The number of hydrogen-bond acceptors (Lipinski definition) is 7. The van der Waals surface area contributed by atoms with Gasteiger partial charge < -0.3 is 31.4 Å². The van der Waals surface area contributed by atoms with Crippen LogP contribution in [0.1, 0.15) is 44.5 Å². The molecule has 1 aliphatic heterocycles. The lowest BCUT2D eigenvalue weighted by Crippen LogP contribution is -2.84. The van der Waals surface area contributed by atoms with Gasteiger partial charge in [0.1, 0.15) is 33.4 Å². The number of hydrogen-bond donors (Lipinski definition) is 4. The molecule has 1 heterocycles. The molecule has 1 atom stereocenters. The maximum Gasteiger partial charge on any atom is 0.138 e. The van der Waals surface area contributed by atoms with Gasteiger partial charge in [0.05, 0.1) is 4.90 Å². The van der Waals surface area contributed by atoms with Crippen LogP contribution in [0.15, 0.2) is 89.1 Å². The molecule has 0 radical (unpaired) electrons. The third-order valence-electron chi connectivity index (χ3n) is 9.01. The molecule has 1 unspecified atom stereocenters. The van der Waals surface area contributed by atoms with Crippen molar-refractivity contribution in [3.8, 4) is 5.75 Å². The lowest BCUT2D eigenvalue weighted by Gasteiger charge is -2.29. The van der Waals surface area contributed by atoms with Gasteiger partial charge in [0, 0.05) is 68.3 Å². The Morgan fingerprint density at radius 2 is 1.50 bits per heavy atom. The standard InChI is InChI=1S/C37H38N4O4S/c1-19-15-21(3)36(23(5)34(19)38)40-25-11-13-27-30(17-25)45-31-18-26(41-37-22(4)16-20(2)35(39)24(37)6)12-14-28(31)33(27)29-9-7-8-10-32(29)46(42,43)44/h7-18,25,40-41H,38-39H2,1-6H3,(H,42,43,44). The normalized spacial score (nSPS) is 15.6. The van der Waals surface area contributed by atoms with Crippen LogP contribution in [0.5, 0.6) is 5.75 Å². The first-order chi connectivity index (χ1) is 21.7. The molecule has 0 fully saturated rings. The third-order valence-corrected chi connectivity index (χ3v) is 9.91. The van der Waals surface area contributed by atoms with Crippen molar-refractivity contribution in [1.82, 2.24) is 0 Å². The second-order valence-electron chi connectivity index (χ2n) is 12.2. The predicted molar refractivity (Wildman–Crippen MR) is 184 cm³/mol. The number of rotatable bonds is 6. The van der Waals surface area contributed by atoms with Crippen molar-refractivity contribution in [2.24, 2.45) is 0 Å². The number of fused-ring (bicyclic) bond motifs is 2. The third kappa shape index (κ3) is 5.47. The molecule has 9 heteroatoms. The number of allylic oxidation sites excluding steroid dienone is 1. The van der Waals surface area contributed by atoms with Gasteiger partial charge in [-0.05, 0) is 100 Å². The molecule has 0 bridgehead atoms. The zero-order chi connectivity index (χ0) is 33.1. The molecule has 4 aromatic carbocycles. The average molecular weight is 635 g/mol. The highest BCUT2D eigenvalue weighted by molar-refractivity contribution is 7.85. The second kappa shape index (κ2) is 11.5. The van der Waals surface area contributed by atoms with E-state index in [1.807, 2.05) is 77.1 Å². The van der Waals surface area contributed by atoms with Gasteiger partial charge in [-0.2, -0.15) is 0 Å². The van der Waals surface area contributed by atoms with Crippen molar-refractivity contribution in [3.05, 3.63) is 129 Å². The molecule has 0 amide bonds. The first-order valence-corrected chi connectivity index (χ1v) is 16.5. The molecule has 236 valence electrons. The molecule has 2 aliphatic rings. The molecule has 4 aromatic rings. The lowest BCUT2D eigenvalue weighted by atomic mass is 9.87. The first kappa shape index (κ1) is 31.2. The highest BCUT2D eigenvalue weighted by Gasteiger charge is 2.31. The van der Waals surface area contributed by atoms with Crippen LogP contribution in [0.4, 0.5) is 28.4 Å². The fraction of sp³-hybridized carbons (Fsp3) is 0.189. The zero-order valence-electron chi connectivity index (χ0n) is 26.8. The Kier molecular flexibility index (Phi) is 7.80. The van der Waals surface area contributed by atoms with E-state index in [1.54, 1.807) is 18.2 Å². The summed E-state index contributed by atoms with van der Waals surface area (Å²) in [7, 11) is -4.77. The maximum absolute atomic E-state index is 12.4. The van der Waals surface area contributed by atoms with Crippen LogP contribution in [-0.4, -0.2) is 19.0 Å². The summed E-state index contributed by atoms with van der Waals surface area (Å²) >= 11 is 0. The Labute approximate surface area is 270 Å². The molecule has 46 heavy (non-hydrogen) atoms. The summed E-state index contributed by atoms with van der Waals surface area (Å²) in [5.74, 6) is 1.10. The van der Waals surface area contributed by atoms with E-state index in [4.69, 9.17) is 16.2 Å². The fourth-order valence-corrected chi connectivity index (χ4v) is 7.23. The summed E-state index contributed by atoms with van der Waals surface area (Å²) in [5, 5.41) is 5.66. The van der Waals surface area contributed by atoms with Crippen LogP contribution >= 0.6 is 0 Å². The second-order valence-corrected chi connectivity index (χ2v) is 13.5. The van der Waals surface area contributed by atoms with Crippen LogP contribution in [-0.2, 0) is 10.1 Å². The van der Waals surface area contributed by atoms with Gasteiger partial charge in [0.25, 0.3) is 0 Å². The van der Waals surface area contributed by atoms with Gasteiger partial charge in [-0.3, -0.25) is 0 Å². The summed E-state index contributed by atoms with van der Waals surface area (Å²) in [5.41, 5.74) is 25.5. The largest absolute Gasteiger partial charge is 0.744 e. The Bertz CT molecular complexity index is 2150. The lowest BCUT2D eigenvalue weighted by molar-refractivity contribution is -0.588. The van der Waals surface area contributed by atoms with Crippen LogP contribution in [0, 0.1) is 41.5 Å². The number of ether oxygens (including phenoxy) is 1. The molecule has 7 N–H and O–H groups in total. The van der Waals surface area contributed by atoms with Crippen molar-refractivity contribution < 1.29 is 23.0 Å². The van der Waals surface area contributed by atoms with E-state index in [1.165, 1.54) is 6.07 Å². The average Bonchev–Trinajstić information content (AvgIpc) is 3.01. The van der Waals surface area contributed by atoms with E-state index in [0.29, 0.717) is 33.8 Å². The van der Waals surface area contributed by atoms with Gasteiger partial charge in [-0.15, -0.1) is 0 Å². The van der Waals surface area contributed by atoms with Crippen molar-refractivity contribution in [1.29, 1.82) is 0 Å².